The quantitative estimate of drug-likeness (QED) is 0.130. The Morgan fingerprint density at radius 3 is 1.19 bits per heavy atom. The summed E-state index contributed by atoms with van der Waals surface area (Å²) in [5, 5.41) is 10.1. The van der Waals surface area contributed by atoms with Crippen LogP contribution in [0, 0.1) is 0 Å². The highest BCUT2D eigenvalue weighted by molar-refractivity contribution is 6.68. The van der Waals surface area contributed by atoms with Crippen LogP contribution in [-0.4, -0.2) is 41.2 Å². The molecule has 0 bridgehead atoms. The number of fused-ring (bicyclic) bond motifs is 1. The van der Waals surface area contributed by atoms with E-state index in [1.165, 1.54) is 54.1 Å². The molecular formula is C35H39B2NO4. The largest absolute Gasteiger partial charge is 0.495 e. The highest BCUT2D eigenvalue weighted by atomic mass is 16.7. The van der Waals surface area contributed by atoms with Crippen LogP contribution in [0.15, 0.2) is 48.5 Å². The van der Waals surface area contributed by atoms with Crippen molar-refractivity contribution in [1.29, 1.82) is 0 Å². The van der Waals surface area contributed by atoms with E-state index >= 15 is 0 Å². The highest BCUT2D eigenvalue weighted by Crippen LogP contribution is 2.48. The van der Waals surface area contributed by atoms with Gasteiger partial charge >= 0.3 is 14.2 Å². The summed E-state index contributed by atoms with van der Waals surface area (Å²) in [6, 6.07) is 18.3. The molecule has 5 nitrogen and oxygen atoms in total. The average Bonchev–Trinajstić information content (AvgIpc) is 3.44. The second-order valence-corrected chi connectivity index (χ2v) is 14.8. The second-order valence-electron chi connectivity index (χ2n) is 14.8. The Balaban J connectivity index is 1.52. The Bertz CT molecular complexity index is 1880. The van der Waals surface area contributed by atoms with E-state index in [-0.39, 0.29) is 6.04 Å². The zero-order chi connectivity index (χ0) is 29.7. The van der Waals surface area contributed by atoms with Crippen LogP contribution in [0.5, 0.6) is 0 Å². The first-order chi connectivity index (χ1) is 19.6. The topological polar surface area (TPSA) is 41.9 Å². The van der Waals surface area contributed by atoms with E-state index in [9.17, 15) is 0 Å². The third kappa shape index (κ3) is 3.21. The maximum atomic E-state index is 6.66. The Labute approximate surface area is 248 Å². The predicted molar refractivity (Wildman–Crippen MR) is 176 cm³/mol. The summed E-state index contributed by atoms with van der Waals surface area (Å²) in [6.07, 6.45) is 0. The van der Waals surface area contributed by atoms with Crippen molar-refractivity contribution in [1.82, 2.24) is 4.57 Å². The number of aromatic nitrogens is 1. The van der Waals surface area contributed by atoms with Crippen molar-refractivity contribution in [2.75, 3.05) is 0 Å². The fourth-order valence-electron chi connectivity index (χ4n) is 7.33. The normalized spacial score (nSPS) is 21.6. The second kappa shape index (κ2) is 8.00. The average molecular weight is 559 g/mol. The summed E-state index contributed by atoms with van der Waals surface area (Å²) < 4.78 is 29.1. The van der Waals surface area contributed by atoms with Crippen LogP contribution in [0.1, 0.15) is 75.3 Å². The number of benzene rings is 5. The van der Waals surface area contributed by atoms with Crippen LogP contribution in [0.4, 0.5) is 0 Å². The molecule has 2 aliphatic heterocycles. The molecule has 2 fully saturated rings. The molecular weight excluding hydrogens is 520 g/mol. The molecule has 0 amide bonds. The maximum absolute atomic E-state index is 6.66. The molecule has 42 heavy (non-hydrogen) atoms. The van der Waals surface area contributed by atoms with Gasteiger partial charge in [-0.15, -0.1) is 0 Å². The molecule has 0 radical (unpaired) electrons. The van der Waals surface area contributed by atoms with Gasteiger partial charge in [-0.1, -0.05) is 36.4 Å². The molecule has 0 aliphatic carbocycles. The third-order valence-corrected chi connectivity index (χ3v) is 10.9. The van der Waals surface area contributed by atoms with Crippen molar-refractivity contribution in [2.45, 2.75) is 97.7 Å². The van der Waals surface area contributed by atoms with Gasteiger partial charge in [-0.3, -0.25) is 0 Å². The van der Waals surface area contributed by atoms with Crippen molar-refractivity contribution in [3.63, 3.8) is 0 Å². The van der Waals surface area contributed by atoms with Crippen LogP contribution in [-0.2, 0) is 18.6 Å². The highest BCUT2D eigenvalue weighted by Gasteiger charge is 2.53. The summed E-state index contributed by atoms with van der Waals surface area (Å²) in [5.74, 6) is 0. The summed E-state index contributed by atoms with van der Waals surface area (Å²) in [5.41, 5.74) is 2.92. The van der Waals surface area contributed by atoms with Gasteiger partial charge in [0, 0.05) is 27.8 Å². The first-order valence-electron chi connectivity index (χ1n) is 15.3. The van der Waals surface area contributed by atoms with Gasteiger partial charge in [0.1, 0.15) is 0 Å². The Hall–Kier alpha value is -2.83. The summed E-state index contributed by atoms with van der Waals surface area (Å²) in [4.78, 5) is 0. The number of nitrogens with zero attached hydrogens (tertiary/aromatic N) is 1. The lowest BCUT2D eigenvalue weighted by Gasteiger charge is -2.32. The molecule has 7 heteroatoms. The van der Waals surface area contributed by atoms with Crippen molar-refractivity contribution < 1.29 is 18.6 Å². The van der Waals surface area contributed by atoms with Gasteiger partial charge < -0.3 is 23.2 Å². The summed E-state index contributed by atoms with van der Waals surface area (Å²) >= 11 is 0. The van der Waals surface area contributed by atoms with Gasteiger partial charge in [-0.05, 0) is 125 Å². The molecule has 5 aromatic carbocycles. The molecule has 2 saturated heterocycles. The van der Waals surface area contributed by atoms with Gasteiger partial charge in [0.25, 0.3) is 0 Å². The minimum Gasteiger partial charge on any atom is -0.399 e. The molecule has 0 spiro atoms. The molecule has 8 rings (SSSR count). The van der Waals surface area contributed by atoms with E-state index in [2.05, 4.69) is 122 Å². The van der Waals surface area contributed by atoms with Gasteiger partial charge in [0.15, 0.2) is 0 Å². The molecule has 3 heterocycles. The molecule has 2 aliphatic rings. The zero-order valence-corrected chi connectivity index (χ0v) is 26.4. The lowest BCUT2D eigenvalue weighted by atomic mass is 9.72. The summed E-state index contributed by atoms with van der Waals surface area (Å²) in [6.45, 7) is 21.5. The van der Waals surface area contributed by atoms with Crippen LogP contribution < -0.4 is 10.9 Å². The monoisotopic (exact) mass is 559 g/mol. The van der Waals surface area contributed by atoms with Gasteiger partial charge in [-0.2, -0.15) is 0 Å². The Morgan fingerprint density at radius 1 is 0.524 bits per heavy atom. The molecule has 0 N–H and O–H groups in total. The van der Waals surface area contributed by atoms with E-state index < -0.39 is 36.6 Å². The molecule has 6 aromatic rings. The van der Waals surface area contributed by atoms with Gasteiger partial charge in [0.2, 0.25) is 0 Å². The maximum Gasteiger partial charge on any atom is 0.495 e. The van der Waals surface area contributed by atoms with Crippen molar-refractivity contribution in [3.05, 3.63) is 48.5 Å². The first-order valence-corrected chi connectivity index (χ1v) is 15.3. The lowest BCUT2D eigenvalue weighted by molar-refractivity contribution is 0.00578. The fraction of sp³-hybridized carbons (Fsp3) is 0.429. The number of rotatable bonds is 3. The van der Waals surface area contributed by atoms with E-state index in [0.29, 0.717) is 0 Å². The van der Waals surface area contributed by atoms with Gasteiger partial charge in [0.05, 0.1) is 22.4 Å². The summed E-state index contributed by atoms with van der Waals surface area (Å²) in [7, 11) is -0.906. The third-order valence-electron chi connectivity index (χ3n) is 10.9. The van der Waals surface area contributed by atoms with E-state index in [1.54, 1.807) is 0 Å². The van der Waals surface area contributed by atoms with Crippen LogP contribution in [0.3, 0.4) is 0 Å². The molecule has 0 saturated carbocycles. The fourth-order valence-corrected chi connectivity index (χ4v) is 7.33. The Morgan fingerprint density at radius 2 is 0.857 bits per heavy atom. The SMILES string of the molecule is CC(C)n1c2cc(B3OC(C)(C)C(C)(C)O3)c3cccc4c5cccc6c(B7OC(C)(C)C(C)(C)O7)cc1c(c65)c2c34. The van der Waals surface area contributed by atoms with Crippen molar-refractivity contribution >= 4 is 79.3 Å². The minimum atomic E-state index is -0.453. The van der Waals surface area contributed by atoms with Crippen LogP contribution in [0.25, 0.3) is 54.1 Å². The standard InChI is InChI=1S/C35H39B2NO4/c1-19(2)38-26-17-24(36-39-32(3,4)33(5,6)40-36)22-15-11-13-20-21-14-12-16-23-25(37-41-34(7,8)35(9,10)42-37)18-27(38)31(29(21)23)30(26)28(20)22/h11-19H,1-10H3. The predicted octanol–water partition coefficient (Wildman–Crippen LogP) is 7.31. The van der Waals surface area contributed by atoms with Crippen molar-refractivity contribution in [2.24, 2.45) is 0 Å². The molecule has 0 atom stereocenters. The van der Waals surface area contributed by atoms with Crippen LogP contribution in [0.2, 0.25) is 0 Å². The molecule has 1 aromatic heterocycles. The molecule has 214 valence electrons. The minimum absolute atomic E-state index is 0.231. The van der Waals surface area contributed by atoms with E-state index in [1.807, 2.05) is 0 Å². The zero-order valence-electron chi connectivity index (χ0n) is 26.4. The van der Waals surface area contributed by atoms with E-state index in [4.69, 9.17) is 18.6 Å². The first kappa shape index (κ1) is 26.8. The van der Waals surface area contributed by atoms with Crippen LogP contribution >= 0.6 is 0 Å². The smallest absolute Gasteiger partial charge is 0.399 e. The van der Waals surface area contributed by atoms with Gasteiger partial charge in [-0.25, -0.2) is 0 Å². The van der Waals surface area contributed by atoms with E-state index in [0.717, 1.165) is 10.9 Å². The lowest BCUT2D eigenvalue weighted by Crippen LogP contribution is -2.41. The number of hydrogen-bond acceptors (Lipinski definition) is 4. The van der Waals surface area contributed by atoms with Crippen molar-refractivity contribution in [3.8, 4) is 0 Å². The number of hydrogen-bond donors (Lipinski definition) is 0. The Kier molecular flexibility index (Phi) is 5.10. The molecule has 0 unspecified atom stereocenters.